The molecule has 0 aromatic carbocycles. The van der Waals surface area contributed by atoms with E-state index in [-0.39, 0.29) is 18.7 Å². The molecule has 0 unspecified atom stereocenters. The van der Waals surface area contributed by atoms with Crippen molar-refractivity contribution in [2.75, 3.05) is 19.7 Å². The Kier molecular flexibility index (Phi) is 5.23. The predicted molar refractivity (Wildman–Crippen MR) is 105 cm³/mol. The van der Waals surface area contributed by atoms with E-state index >= 15 is 0 Å². The number of nitrogens with one attached hydrogen (secondary N) is 2. The summed E-state index contributed by atoms with van der Waals surface area (Å²) in [7, 11) is 0. The van der Waals surface area contributed by atoms with Crippen molar-refractivity contribution in [3.63, 3.8) is 0 Å². The molecule has 2 aliphatic rings. The first-order chi connectivity index (χ1) is 13.6. The van der Waals surface area contributed by atoms with Crippen LogP contribution in [0.2, 0.25) is 0 Å². The molecule has 2 aromatic heterocycles. The molecule has 148 valence electrons. The predicted octanol–water partition coefficient (Wildman–Crippen LogP) is 3.13. The topological polar surface area (TPSA) is 83.8 Å². The van der Waals surface area contributed by atoms with Gasteiger partial charge in [-0.05, 0) is 49.4 Å². The van der Waals surface area contributed by atoms with Gasteiger partial charge in [0, 0.05) is 29.7 Å². The van der Waals surface area contributed by atoms with Gasteiger partial charge in [-0.15, -0.1) is 11.3 Å². The van der Waals surface area contributed by atoms with Crippen LogP contribution in [0.3, 0.4) is 0 Å². The van der Waals surface area contributed by atoms with Crippen LogP contribution in [0.15, 0.2) is 45.5 Å². The summed E-state index contributed by atoms with van der Waals surface area (Å²) in [5, 5.41) is 7.73. The third-order valence-electron chi connectivity index (χ3n) is 5.24. The van der Waals surface area contributed by atoms with Gasteiger partial charge in [0.1, 0.15) is 11.8 Å². The average molecular weight is 401 g/mol. The van der Waals surface area contributed by atoms with Crippen molar-refractivity contribution in [1.82, 2.24) is 15.5 Å². The maximum Gasteiger partial charge on any atom is 0.338 e. The van der Waals surface area contributed by atoms with Crippen LogP contribution in [-0.2, 0) is 16.0 Å². The maximum atomic E-state index is 12.8. The number of furan rings is 1. The first-order valence-electron chi connectivity index (χ1n) is 9.39. The van der Waals surface area contributed by atoms with E-state index in [0.717, 1.165) is 13.0 Å². The van der Waals surface area contributed by atoms with Crippen molar-refractivity contribution >= 4 is 23.3 Å². The number of urea groups is 1. The third kappa shape index (κ3) is 3.45. The number of thiophene rings is 1. The van der Waals surface area contributed by atoms with Gasteiger partial charge in [-0.25, -0.2) is 9.59 Å². The van der Waals surface area contributed by atoms with E-state index < -0.39 is 12.0 Å². The van der Waals surface area contributed by atoms with Gasteiger partial charge in [0.05, 0.1) is 18.4 Å². The SMILES string of the molecule is CCOC(=O)C1=C(CN2CCc3sccc3[C@H]2C)NC(=O)N[C@@H]1c1ccco1. The van der Waals surface area contributed by atoms with Gasteiger partial charge in [0.25, 0.3) is 0 Å². The molecule has 2 atom stereocenters. The minimum Gasteiger partial charge on any atom is -0.467 e. The van der Waals surface area contributed by atoms with Crippen molar-refractivity contribution in [2.45, 2.75) is 32.4 Å². The van der Waals surface area contributed by atoms with Gasteiger partial charge in [-0.1, -0.05) is 0 Å². The number of ether oxygens (including phenoxy) is 1. The number of hydrogen-bond acceptors (Lipinski definition) is 6. The van der Waals surface area contributed by atoms with Gasteiger partial charge in [0.2, 0.25) is 0 Å². The number of nitrogens with zero attached hydrogens (tertiary/aromatic N) is 1. The molecule has 2 N–H and O–H groups in total. The molecule has 7 nitrogen and oxygen atoms in total. The van der Waals surface area contributed by atoms with Crippen LogP contribution in [0.1, 0.15) is 42.1 Å². The quantitative estimate of drug-likeness (QED) is 0.752. The zero-order valence-electron chi connectivity index (χ0n) is 15.9. The number of rotatable bonds is 5. The molecule has 0 spiro atoms. The fourth-order valence-corrected chi connectivity index (χ4v) is 4.80. The van der Waals surface area contributed by atoms with Crippen molar-refractivity contribution in [1.29, 1.82) is 0 Å². The van der Waals surface area contributed by atoms with Gasteiger partial charge in [-0.3, -0.25) is 4.90 Å². The van der Waals surface area contributed by atoms with Crippen LogP contribution in [0.4, 0.5) is 4.79 Å². The maximum absolute atomic E-state index is 12.8. The lowest BCUT2D eigenvalue weighted by atomic mass is 9.97. The lowest BCUT2D eigenvalue weighted by molar-refractivity contribution is -0.139. The molecule has 2 amide bonds. The molecule has 2 aliphatic heterocycles. The van der Waals surface area contributed by atoms with E-state index in [1.807, 2.05) is 0 Å². The monoisotopic (exact) mass is 401 g/mol. The Hall–Kier alpha value is -2.58. The molecule has 0 radical (unpaired) electrons. The molecule has 0 saturated heterocycles. The van der Waals surface area contributed by atoms with Gasteiger partial charge < -0.3 is 19.8 Å². The van der Waals surface area contributed by atoms with Crippen LogP contribution in [0.5, 0.6) is 0 Å². The van der Waals surface area contributed by atoms with E-state index in [4.69, 9.17) is 9.15 Å². The Morgan fingerprint density at radius 2 is 2.29 bits per heavy atom. The average Bonchev–Trinajstić information content (AvgIpc) is 3.35. The number of amides is 2. The number of fused-ring (bicyclic) bond motifs is 1. The lowest BCUT2D eigenvalue weighted by Gasteiger charge is -2.36. The lowest BCUT2D eigenvalue weighted by Crippen LogP contribution is -2.49. The number of carbonyl (C=O) groups is 2. The number of carbonyl (C=O) groups excluding carboxylic acids is 2. The van der Waals surface area contributed by atoms with Crippen LogP contribution in [-0.4, -0.2) is 36.6 Å². The number of hydrogen-bond donors (Lipinski definition) is 2. The van der Waals surface area contributed by atoms with E-state index in [0.29, 0.717) is 23.6 Å². The van der Waals surface area contributed by atoms with Crippen LogP contribution in [0.25, 0.3) is 0 Å². The Morgan fingerprint density at radius 3 is 3.04 bits per heavy atom. The highest BCUT2D eigenvalue weighted by molar-refractivity contribution is 7.10. The number of esters is 1. The molecule has 0 fully saturated rings. The molecular formula is C20H23N3O4S. The highest BCUT2D eigenvalue weighted by atomic mass is 32.1. The second-order valence-corrected chi connectivity index (χ2v) is 7.86. The minimum atomic E-state index is -0.672. The van der Waals surface area contributed by atoms with E-state index in [1.165, 1.54) is 16.7 Å². The van der Waals surface area contributed by atoms with E-state index in [9.17, 15) is 9.59 Å². The van der Waals surface area contributed by atoms with Gasteiger partial charge in [0.15, 0.2) is 0 Å². The highest BCUT2D eigenvalue weighted by Gasteiger charge is 2.37. The van der Waals surface area contributed by atoms with Crippen molar-refractivity contribution < 1.29 is 18.7 Å². The summed E-state index contributed by atoms with van der Waals surface area (Å²) < 4.78 is 10.8. The van der Waals surface area contributed by atoms with Crippen molar-refractivity contribution in [2.24, 2.45) is 0 Å². The Bertz CT molecular complexity index is 902. The summed E-state index contributed by atoms with van der Waals surface area (Å²) in [6, 6.07) is 4.81. The summed E-state index contributed by atoms with van der Waals surface area (Å²) in [5.41, 5.74) is 2.27. The molecule has 0 aliphatic carbocycles. The Labute approximate surface area is 167 Å². The smallest absolute Gasteiger partial charge is 0.338 e. The second-order valence-electron chi connectivity index (χ2n) is 6.86. The summed E-state index contributed by atoms with van der Waals surface area (Å²) >= 11 is 1.78. The normalized spacial score (nSPS) is 22.4. The molecule has 4 rings (SSSR count). The standard InChI is InChI=1S/C20H23N3O4S/c1-3-26-19(24)17-14(21-20(25)22-18(17)15-5-4-9-27-15)11-23-8-6-16-13(12(23)2)7-10-28-16/h4-5,7,9-10,12,18H,3,6,8,11H2,1-2H3,(H2,21,22,25)/t12-,18-/m1/s1. The summed E-state index contributed by atoms with van der Waals surface area (Å²) in [6.45, 7) is 5.49. The fraction of sp³-hybridized carbons (Fsp3) is 0.400. The molecule has 4 heterocycles. The molecule has 8 heteroatoms. The Morgan fingerprint density at radius 1 is 1.43 bits per heavy atom. The van der Waals surface area contributed by atoms with Crippen LogP contribution >= 0.6 is 11.3 Å². The van der Waals surface area contributed by atoms with Crippen LogP contribution in [0, 0.1) is 0 Å². The Balaban J connectivity index is 1.69. The van der Waals surface area contributed by atoms with Crippen molar-refractivity contribution in [3.05, 3.63) is 57.3 Å². The zero-order valence-corrected chi connectivity index (χ0v) is 16.7. The largest absolute Gasteiger partial charge is 0.467 e. The molecule has 2 aromatic rings. The van der Waals surface area contributed by atoms with Gasteiger partial charge in [-0.2, -0.15) is 0 Å². The molecule has 0 bridgehead atoms. The van der Waals surface area contributed by atoms with Gasteiger partial charge >= 0.3 is 12.0 Å². The summed E-state index contributed by atoms with van der Waals surface area (Å²) in [4.78, 5) is 28.8. The second kappa shape index (κ2) is 7.81. The zero-order chi connectivity index (χ0) is 19.7. The molecule has 28 heavy (non-hydrogen) atoms. The van der Waals surface area contributed by atoms with Crippen LogP contribution < -0.4 is 10.6 Å². The van der Waals surface area contributed by atoms with E-state index in [2.05, 4.69) is 33.9 Å². The molecule has 0 saturated carbocycles. The van der Waals surface area contributed by atoms with E-state index in [1.54, 1.807) is 30.4 Å². The summed E-state index contributed by atoms with van der Waals surface area (Å²) in [6.07, 6.45) is 2.49. The summed E-state index contributed by atoms with van der Waals surface area (Å²) in [5.74, 6) is 0.0505. The minimum absolute atomic E-state index is 0.208. The third-order valence-corrected chi connectivity index (χ3v) is 6.24. The van der Waals surface area contributed by atoms with Crippen molar-refractivity contribution in [3.8, 4) is 0 Å². The first kappa shape index (κ1) is 18.8. The fourth-order valence-electron chi connectivity index (χ4n) is 3.84. The highest BCUT2D eigenvalue weighted by Crippen LogP contribution is 2.34. The first-order valence-corrected chi connectivity index (χ1v) is 10.3. The molecular weight excluding hydrogens is 378 g/mol.